The molecular weight excluding hydrogens is 368 g/mol. The highest BCUT2D eigenvalue weighted by Crippen LogP contribution is 2.34. The second-order valence-corrected chi connectivity index (χ2v) is 7.65. The average Bonchev–Trinajstić information content (AvgIpc) is 3.26. The van der Waals surface area contributed by atoms with Crippen LogP contribution in [0.4, 0.5) is 5.69 Å². The first-order valence-electron chi connectivity index (χ1n) is 8.14. The van der Waals surface area contributed by atoms with Crippen LogP contribution in [0, 0.1) is 0 Å². The summed E-state index contributed by atoms with van der Waals surface area (Å²) >= 11 is 7.31. The van der Waals surface area contributed by atoms with E-state index in [0.717, 1.165) is 10.6 Å². The fourth-order valence-electron chi connectivity index (χ4n) is 2.93. The van der Waals surface area contributed by atoms with Crippen molar-refractivity contribution in [1.29, 1.82) is 0 Å². The lowest BCUT2D eigenvalue weighted by Crippen LogP contribution is -2.31. The Morgan fingerprint density at radius 1 is 0.885 bits per heavy atom. The zero-order valence-electron chi connectivity index (χ0n) is 13.7. The van der Waals surface area contributed by atoms with Gasteiger partial charge < -0.3 is 4.57 Å². The number of imide groups is 1. The minimum atomic E-state index is -0.407. The molecule has 3 aromatic rings. The number of thioether (sulfide) groups is 1. The fourth-order valence-corrected chi connectivity index (χ4v) is 4.11. The summed E-state index contributed by atoms with van der Waals surface area (Å²) in [4.78, 5) is 27.3. The predicted molar refractivity (Wildman–Crippen MR) is 104 cm³/mol. The van der Waals surface area contributed by atoms with Gasteiger partial charge in [0.2, 0.25) is 11.8 Å². The molecule has 4 rings (SSSR count). The molecule has 1 saturated heterocycles. The van der Waals surface area contributed by atoms with E-state index in [4.69, 9.17) is 11.6 Å². The van der Waals surface area contributed by atoms with Crippen LogP contribution in [0.5, 0.6) is 0 Å². The standard InChI is InChI=1S/C20H15ClN2O2S/c21-14-3-5-16(6-4-14)23-19(24)13-18(20(23)25)26-17-9-7-15(8-10-17)22-11-1-2-12-22/h1-12,18H,13H2. The Bertz CT molecular complexity index is 937. The molecule has 0 N–H and O–H groups in total. The van der Waals surface area contributed by atoms with Gasteiger partial charge >= 0.3 is 0 Å². The molecule has 2 amide bonds. The number of carbonyl (C=O) groups excluding carboxylic acids is 2. The first kappa shape index (κ1) is 16.9. The van der Waals surface area contributed by atoms with Crippen molar-refractivity contribution in [2.75, 3.05) is 4.90 Å². The predicted octanol–water partition coefficient (Wildman–Crippen LogP) is 4.55. The van der Waals surface area contributed by atoms with Gasteiger partial charge in [-0.05, 0) is 60.7 Å². The van der Waals surface area contributed by atoms with Crippen molar-refractivity contribution in [3.05, 3.63) is 78.1 Å². The summed E-state index contributed by atoms with van der Waals surface area (Å²) in [6.45, 7) is 0. The molecule has 0 spiro atoms. The number of hydrogen-bond acceptors (Lipinski definition) is 3. The van der Waals surface area contributed by atoms with Gasteiger partial charge in [-0.2, -0.15) is 0 Å². The van der Waals surface area contributed by atoms with E-state index < -0.39 is 5.25 Å². The molecule has 130 valence electrons. The van der Waals surface area contributed by atoms with Crippen molar-refractivity contribution in [1.82, 2.24) is 4.57 Å². The molecule has 1 aromatic heterocycles. The lowest BCUT2D eigenvalue weighted by Gasteiger charge is -2.15. The number of anilines is 1. The normalized spacial score (nSPS) is 17.1. The van der Waals surface area contributed by atoms with E-state index >= 15 is 0 Å². The summed E-state index contributed by atoms with van der Waals surface area (Å²) in [5.74, 6) is -0.365. The highest BCUT2D eigenvalue weighted by Gasteiger charge is 2.40. The largest absolute Gasteiger partial charge is 0.324 e. The van der Waals surface area contributed by atoms with Crippen molar-refractivity contribution < 1.29 is 9.59 Å². The van der Waals surface area contributed by atoms with Crippen molar-refractivity contribution in [2.45, 2.75) is 16.6 Å². The van der Waals surface area contributed by atoms with E-state index in [1.165, 1.54) is 16.7 Å². The smallest absolute Gasteiger partial charge is 0.247 e. The highest BCUT2D eigenvalue weighted by atomic mass is 35.5. The number of benzene rings is 2. The summed E-state index contributed by atoms with van der Waals surface area (Å²) in [6, 6.07) is 18.6. The van der Waals surface area contributed by atoms with Crippen LogP contribution in [0.15, 0.2) is 78.0 Å². The lowest BCUT2D eigenvalue weighted by molar-refractivity contribution is -0.121. The second kappa shape index (κ2) is 7.02. The first-order valence-corrected chi connectivity index (χ1v) is 9.40. The van der Waals surface area contributed by atoms with E-state index in [-0.39, 0.29) is 18.2 Å². The molecule has 2 heterocycles. The zero-order valence-corrected chi connectivity index (χ0v) is 15.3. The van der Waals surface area contributed by atoms with E-state index in [1.54, 1.807) is 24.3 Å². The number of amides is 2. The SMILES string of the molecule is O=C1CC(Sc2ccc(-n3cccc3)cc2)C(=O)N1c1ccc(Cl)cc1. The molecule has 1 aliphatic heterocycles. The Labute approximate surface area is 160 Å². The maximum absolute atomic E-state index is 12.7. The van der Waals surface area contributed by atoms with Crippen molar-refractivity contribution >= 4 is 40.9 Å². The molecule has 0 aliphatic carbocycles. The van der Waals surface area contributed by atoms with Crippen LogP contribution in [0.1, 0.15) is 6.42 Å². The van der Waals surface area contributed by atoms with Crippen molar-refractivity contribution in [3.63, 3.8) is 0 Å². The van der Waals surface area contributed by atoms with Gasteiger partial charge in [0.15, 0.2) is 0 Å². The minimum absolute atomic E-state index is 0.182. The van der Waals surface area contributed by atoms with Gasteiger partial charge in [0, 0.05) is 34.4 Å². The minimum Gasteiger partial charge on any atom is -0.324 e. The van der Waals surface area contributed by atoms with E-state index in [1.807, 2.05) is 53.4 Å². The van der Waals surface area contributed by atoms with Crippen LogP contribution >= 0.6 is 23.4 Å². The molecule has 1 atom stereocenters. The van der Waals surface area contributed by atoms with Crippen LogP contribution in [0.2, 0.25) is 5.02 Å². The fraction of sp³-hybridized carbons (Fsp3) is 0.100. The van der Waals surface area contributed by atoms with Crippen LogP contribution in [-0.4, -0.2) is 21.6 Å². The third-order valence-corrected chi connectivity index (χ3v) is 5.66. The summed E-state index contributed by atoms with van der Waals surface area (Å²) in [5.41, 5.74) is 1.62. The van der Waals surface area contributed by atoms with Gasteiger partial charge in [0.05, 0.1) is 10.9 Å². The van der Waals surface area contributed by atoms with Crippen LogP contribution in [0.3, 0.4) is 0 Å². The van der Waals surface area contributed by atoms with Gasteiger partial charge in [0.25, 0.3) is 0 Å². The number of halogens is 1. The molecule has 1 aliphatic rings. The Kier molecular flexibility index (Phi) is 4.57. The van der Waals surface area contributed by atoms with Crippen LogP contribution < -0.4 is 4.90 Å². The Hall–Kier alpha value is -2.50. The molecule has 2 aromatic carbocycles. The molecule has 6 heteroatoms. The monoisotopic (exact) mass is 382 g/mol. The second-order valence-electron chi connectivity index (χ2n) is 5.94. The molecule has 0 radical (unpaired) electrons. The topological polar surface area (TPSA) is 42.3 Å². The number of nitrogens with zero attached hydrogens (tertiary/aromatic N) is 2. The summed E-state index contributed by atoms with van der Waals surface area (Å²) < 4.78 is 2.01. The van der Waals surface area contributed by atoms with E-state index in [2.05, 4.69) is 0 Å². The molecule has 4 nitrogen and oxygen atoms in total. The van der Waals surface area contributed by atoms with Gasteiger partial charge in [-0.25, -0.2) is 4.90 Å². The third kappa shape index (κ3) is 3.28. The number of aromatic nitrogens is 1. The maximum atomic E-state index is 12.7. The van der Waals surface area contributed by atoms with Crippen LogP contribution in [0.25, 0.3) is 5.69 Å². The number of hydrogen-bond donors (Lipinski definition) is 0. The third-order valence-electron chi connectivity index (χ3n) is 4.21. The highest BCUT2D eigenvalue weighted by molar-refractivity contribution is 8.00. The van der Waals surface area contributed by atoms with Gasteiger partial charge in [-0.1, -0.05) is 11.6 Å². The zero-order chi connectivity index (χ0) is 18.1. The molecule has 1 fully saturated rings. The Morgan fingerprint density at radius 2 is 1.50 bits per heavy atom. The van der Waals surface area contributed by atoms with Crippen molar-refractivity contribution in [2.24, 2.45) is 0 Å². The average molecular weight is 383 g/mol. The quantitative estimate of drug-likeness (QED) is 0.621. The summed E-state index contributed by atoms with van der Waals surface area (Å²) in [5, 5.41) is 0.164. The maximum Gasteiger partial charge on any atom is 0.247 e. The van der Waals surface area contributed by atoms with Crippen LogP contribution in [-0.2, 0) is 9.59 Å². The Morgan fingerprint density at radius 3 is 2.15 bits per heavy atom. The molecule has 26 heavy (non-hydrogen) atoms. The van der Waals surface area contributed by atoms with Gasteiger partial charge in [0.1, 0.15) is 0 Å². The van der Waals surface area contributed by atoms with Gasteiger partial charge in [-0.3, -0.25) is 9.59 Å². The number of carbonyl (C=O) groups is 2. The molecular formula is C20H15ClN2O2S. The van der Waals surface area contributed by atoms with E-state index in [9.17, 15) is 9.59 Å². The molecule has 0 bridgehead atoms. The first-order chi connectivity index (χ1) is 12.6. The number of rotatable bonds is 4. The summed E-state index contributed by atoms with van der Waals surface area (Å²) in [7, 11) is 0. The summed E-state index contributed by atoms with van der Waals surface area (Å²) in [6.07, 6.45) is 4.15. The molecule has 0 saturated carbocycles. The van der Waals surface area contributed by atoms with E-state index in [0.29, 0.717) is 10.7 Å². The van der Waals surface area contributed by atoms with Crippen molar-refractivity contribution in [3.8, 4) is 5.69 Å². The molecule has 1 unspecified atom stereocenters. The lowest BCUT2D eigenvalue weighted by atomic mass is 10.3. The Balaban J connectivity index is 1.49. The van der Waals surface area contributed by atoms with Gasteiger partial charge in [-0.15, -0.1) is 11.8 Å².